The first-order chi connectivity index (χ1) is 9.55. The van der Waals surface area contributed by atoms with Crippen LogP contribution in [0.4, 0.5) is 5.69 Å². The summed E-state index contributed by atoms with van der Waals surface area (Å²) in [7, 11) is 0. The molecule has 0 radical (unpaired) electrons. The van der Waals surface area contributed by atoms with Crippen LogP contribution in [-0.2, 0) is 6.42 Å². The Balaban J connectivity index is 2.28. The highest BCUT2D eigenvalue weighted by atomic mass is 16.3. The first-order valence-electron chi connectivity index (χ1n) is 7.29. The number of anilines is 1. The topological polar surface area (TPSA) is 45.1 Å². The van der Waals surface area contributed by atoms with Gasteiger partial charge in [-0.25, -0.2) is 0 Å². The van der Waals surface area contributed by atoms with E-state index < -0.39 is 0 Å². The minimum absolute atomic E-state index is 0.0749. The molecule has 1 aromatic heterocycles. The molecule has 0 atom stereocenters. The summed E-state index contributed by atoms with van der Waals surface area (Å²) in [6, 6.07) is 10.4. The quantitative estimate of drug-likeness (QED) is 0.844. The average Bonchev–Trinajstić information content (AvgIpc) is 2.44. The van der Waals surface area contributed by atoms with Gasteiger partial charge in [0.2, 0.25) is 0 Å². The number of nitrogens with one attached hydrogen (secondary N) is 1. The van der Waals surface area contributed by atoms with Crippen molar-refractivity contribution in [2.45, 2.75) is 33.6 Å². The van der Waals surface area contributed by atoms with Crippen molar-refractivity contribution in [2.24, 2.45) is 5.41 Å². The Kier molecular flexibility index (Phi) is 4.61. The molecule has 0 saturated heterocycles. The smallest absolute Gasteiger partial charge is 0.0726 e. The van der Waals surface area contributed by atoms with Crippen molar-refractivity contribution in [1.29, 1.82) is 0 Å². The van der Waals surface area contributed by atoms with Gasteiger partial charge >= 0.3 is 0 Å². The van der Waals surface area contributed by atoms with Crippen molar-refractivity contribution >= 4 is 16.6 Å². The van der Waals surface area contributed by atoms with Gasteiger partial charge in [0.25, 0.3) is 0 Å². The summed E-state index contributed by atoms with van der Waals surface area (Å²) >= 11 is 0. The largest absolute Gasteiger partial charge is 0.396 e. The van der Waals surface area contributed by atoms with Crippen LogP contribution in [0.3, 0.4) is 0 Å². The number of aryl methyl sites for hydroxylation is 1. The second-order valence-electron chi connectivity index (χ2n) is 6.02. The second kappa shape index (κ2) is 6.23. The van der Waals surface area contributed by atoms with E-state index in [1.807, 2.05) is 12.1 Å². The third kappa shape index (κ3) is 3.48. The number of aliphatic hydroxyl groups is 1. The fraction of sp³-hybridized carbons (Fsp3) is 0.471. The number of pyridine rings is 1. The highest BCUT2D eigenvalue weighted by Gasteiger charge is 2.17. The molecule has 3 nitrogen and oxygen atoms in total. The van der Waals surface area contributed by atoms with E-state index in [9.17, 15) is 0 Å². The monoisotopic (exact) mass is 272 g/mol. The summed E-state index contributed by atoms with van der Waals surface area (Å²) < 4.78 is 0. The summed E-state index contributed by atoms with van der Waals surface area (Å²) in [5.74, 6) is 0. The number of aromatic nitrogens is 1. The van der Waals surface area contributed by atoms with Gasteiger partial charge in [0.15, 0.2) is 0 Å². The van der Waals surface area contributed by atoms with Crippen molar-refractivity contribution in [3.63, 3.8) is 0 Å². The third-order valence-corrected chi connectivity index (χ3v) is 3.68. The fourth-order valence-corrected chi connectivity index (χ4v) is 2.28. The van der Waals surface area contributed by atoms with Crippen molar-refractivity contribution < 1.29 is 5.11 Å². The molecule has 2 aromatic rings. The molecular formula is C17H24N2O. The van der Waals surface area contributed by atoms with Gasteiger partial charge in [0.05, 0.1) is 5.52 Å². The zero-order valence-corrected chi connectivity index (χ0v) is 12.6. The van der Waals surface area contributed by atoms with Crippen molar-refractivity contribution in [1.82, 2.24) is 4.98 Å². The Morgan fingerprint density at radius 1 is 1.25 bits per heavy atom. The first kappa shape index (κ1) is 14.8. The van der Waals surface area contributed by atoms with E-state index in [-0.39, 0.29) is 12.0 Å². The van der Waals surface area contributed by atoms with Gasteiger partial charge < -0.3 is 10.4 Å². The zero-order chi connectivity index (χ0) is 14.6. The highest BCUT2D eigenvalue weighted by Crippen LogP contribution is 2.26. The van der Waals surface area contributed by atoms with E-state index in [1.165, 1.54) is 0 Å². The third-order valence-electron chi connectivity index (χ3n) is 3.68. The lowest BCUT2D eigenvalue weighted by molar-refractivity contribution is 0.220. The molecule has 0 fully saturated rings. The maximum absolute atomic E-state index is 9.12. The van der Waals surface area contributed by atoms with E-state index in [4.69, 9.17) is 5.11 Å². The molecule has 2 rings (SSSR count). The van der Waals surface area contributed by atoms with Crippen LogP contribution in [0.15, 0.2) is 30.3 Å². The summed E-state index contributed by atoms with van der Waals surface area (Å²) in [6.45, 7) is 7.52. The lowest BCUT2D eigenvalue weighted by Gasteiger charge is -2.25. The Morgan fingerprint density at radius 3 is 2.70 bits per heavy atom. The molecule has 1 heterocycles. The molecule has 20 heavy (non-hydrogen) atoms. The summed E-state index contributed by atoms with van der Waals surface area (Å²) in [4.78, 5) is 4.66. The number of nitrogens with zero attached hydrogens (tertiary/aromatic N) is 1. The van der Waals surface area contributed by atoms with Crippen LogP contribution in [0, 0.1) is 5.41 Å². The maximum Gasteiger partial charge on any atom is 0.0726 e. The standard InChI is InChI=1S/C17H24N2O/c1-4-13-11-16(18-12-17(2,3)9-10-20)14-7-5-6-8-15(14)19-13/h5-8,11,20H,4,9-10,12H2,1-3H3,(H,18,19). The molecule has 0 amide bonds. The maximum atomic E-state index is 9.12. The molecule has 0 aliphatic carbocycles. The van der Waals surface area contributed by atoms with Crippen molar-refractivity contribution in [2.75, 3.05) is 18.5 Å². The van der Waals surface area contributed by atoms with Crippen LogP contribution in [-0.4, -0.2) is 23.2 Å². The van der Waals surface area contributed by atoms with Crippen LogP contribution in [0.5, 0.6) is 0 Å². The van der Waals surface area contributed by atoms with Gasteiger partial charge in [-0.05, 0) is 30.4 Å². The Bertz CT molecular complexity index is 578. The van der Waals surface area contributed by atoms with E-state index >= 15 is 0 Å². The molecular weight excluding hydrogens is 248 g/mol. The molecule has 0 unspecified atom stereocenters. The molecule has 0 saturated carbocycles. The van der Waals surface area contributed by atoms with E-state index in [0.29, 0.717) is 0 Å². The molecule has 2 N–H and O–H groups in total. The minimum atomic E-state index is 0.0749. The number of hydrogen-bond acceptors (Lipinski definition) is 3. The number of hydrogen-bond donors (Lipinski definition) is 2. The fourth-order valence-electron chi connectivity index (χ4n) is 2.28. The molecule has 0 bridgehead atoms. The van der Waals surface area contributed by atoms with Gasteiger partial charge in [-0.1, -0.05) is 39.0 Å². The first-order valence-corrected chi connectivity index (χ1v) is 7.29. The number of rotatable bonds is 6. The molecule has 1 aromatic carbocycles. The molecule has 0 aliphatic heterocycles. The summed E-state index contributed by atoms with van der Waals surface area (Å²) in [5.41, 5.74) is 3.35. The Labute approximate surface area is 121 Å². The lowest BCUT2D eigenvalue weighted by atomic mass is 9.89. The van der Waals surface area contributed by atoms with Gasteiger partial charge in [-0.2, -0.15) is 0 Å². The van der Waals surface area contributed by atoms with Crippen molar-refractivity contribution in [3.05, 3.63) is 36.0 Å². The van der Waals surface area contributed by atoms with Crippen LogP contribution >= 0.6 is 0 Å². The van der Waals surface area contributed by atoms with Crippen LogP contribution in [0.25, 0.3) is 10.9 Å². The normalized spacial score (nSPS) is 11.8. The second-order valence-corrected chi connectivity index (χ2v) is 6.02. The van der Waals surface area contributed by atoms with E-state index in [1.54, 1.807) is 0 Å². The van der Waals surface area contributed by atoms with E-state index in [0.717, 1.165) is 41.7 Å². The highest BCUT2D eigenvalue weighted by molar-refractivity contribution is 5.91. The van der Waals surface area contributed by atoms with Crippen LogP contribution < -0.4 is 5.32 Å². The van der Waals surface area contributed by atoms with Gasteiger partial charge in [0, 0.05) is 29.9 Å². The molecule has 3 heteroatoms. The van der Waals surface area contributed by atoms with Gasteiger partial charge in [0.1, 0.15) is 0 Å². The molecule has 0 aliphatic rings. The number of aliphatic hydroxyl groups excluding tert-OH is 1. The predicted octanol–water partition coefficient (Wildman–Crippen LogP) is 3.62. The zero-order valence-electron chi connectivity index (χ0n) is 12.6. The van der Waals surface area contributed by atoms with Crippen LogP contribution in [0.1, 0.15) is 32.9 Å². The molecule has 108 valence electrons. The van der Waals surface area contributed by atoms with Gasteiger partial charge in [-0.3, -0.25) is 4.98 Å². The summed E-state index contributed by atoms with van der Waals surface area (Å²) in [6.07, 6.45) is 1.73. The average molecular weight is 272 g/mol. The minimum Gasteiger partial charge on any atom is -0.396 e. The Hall–Kier alpha value is -1.61. The number of benzene rings is 1. The SMILES string of the molecule is CCc1cc(NCC(C)(C)CCO)c2ccccc2n1. The number of fused-ring (bicyclic) bond motifs is 1. The van der Waals surface area contributed by atoms with E-state index in [2.05, 4.69) is 49.3 Å². The van der Waals surface area contributed by atoms with Gasteiger partial charge in [-0.15, -0.1) is 0 Å². The summed E-state index contributed by atoms with van der Waals surface area (Å²) in [5, 5.41) is 13.8. The lowest BCUT2D eigenvalue weighted by Crippen LogP contribution is -2.24. The number of para-hydroxylation sites is 1. The predicted molar refractivity (Wildman–Crippen MR) is 85.1 cm³/mol. The Morgan fingerprint density at radius 2 is 2.00 bits per heavy atom. The molecule has 0 spiro atoms. The van der Waals surface area contributed by atoms with Crippen LogP contribution in [0.2, 0.25) is 0 Å². The van der Waals surface area contributed by atoms with Crippen molar-refractivity contribution in [3.8, 4) is 0 Å².